The molecule has 0 aliphatic rings. The number of nitrogen functional groups attached to an aromatic ring is 1. The van der Waals surface area contributed by atoms with E-state index in [2.05, 4.69) is 18.8 Å². The molecular weight excluding hydrogens is 200 g/mol. The van der Waals surface area contributed by atoms with E-state index >= 15 is 0 Å². The van der Waals surface area contributed by atoms with Gasteiger partial charge in [-0.05, 0) is 25.5 Å². The average Bonchev–Trinajstić information content (AvgIpc) is 2.30. The van der Waals surface area contributed by atoms with Gasteiger partial charge >= 0.3 is 0 Å². The topological polar surface area (TPSA) is 47.3 Å². The third-order valence-electron chi connectivity index (χ3n) is 2.26. The molecule has 0 amide bonds. The molecule has 0 saturated heterocycles. The minimum atomic E-state index is 0.184. The van der Waals surface area contributed by atoms with Gasteiger partial charge in [-0.3, -0.25) is 0 Å². The van der Waals surface area contributed by atoms with Crippen molar-refractivity contribution in [1.29, 1.82) is 0 Å². The Bertz CT molecular complexity index is 350. The minimum absolute atomic E-state index is 0.184. The second kappa shape index (κ2) is 6.05. The van der Waals surface area contributed by atoms with Gasteiger partial charge in [0.05, 0.1) is 18.0 Å². The maximum Gasteiger partial charge on any atom is 0.144 e. The van der Waals surface area contributed by atoms with Crippen molar-refractivity contribution in [1.82, 2.24) is 0 Å². The van der Waals surface area contributed by atoms with E-state index in [0.29, 0.717) is 12.3 Å². The first-order chi connectivity index (χ1) is 7.69. The van der Waals surface area contributed by atoms with Crippen LogP contribution in [0.5, 0.6) is 5.75 Å². The molecular formula is C13H20N2O. The smallest absolute Gasteiger partial charge is 0.144 e. The van der Waals surface area contributed by atoms with Gasteiger partial charge in [-0.25, -0.2) is 0 Å². The molecule has 3 N–H and O–H groups in total. The van der Waals surface area contributed by atoms with Crippen LogP contribution in [0.15, 0.2) is 30.9 Å². The van der Waals surface area contributed by atoms with Gasteiger partial charge in [0, 0.05) is 6.04 Å². The van der Waals surface area contributed by atoms with E-state index in [9.17, 15) is 0 Å². The van der Waals surface area contributed by atoms with Crippen LogP contribution in [0.3, 0.4) is 0 Å². The highest BCUT2D eigenvalue weighted by atomic mass is 16.5. The predicted molar refractivity (Wildman–Crippen MR) is 69.9 cm³/mol. The first-order valence-electron chi connectivity index (χ1n) is 5.59. The van der Waals surface area contributed by atoms with Crippen LogP contribution in [-0.2, 0) is 0 Å². The Morgan fingerprint density at radius 3 is 2.94 bits per heavy atom. The molecule has 1 aromatic carbocycles. The summed E-state index contributed by atoms with van der Waals surface area (Å²) in [4.78, 5) is 0. The lowest BCUT2D eigenvalue weighted by molar-refractivity contribution is 0.319. The van der Waals surface area contributed by atoms with E-state index in [1.807, 2.05) is 31.2 Å². The highest BCUT2D eigenvalue weighted by Gasteiger charge is 2.06. The Morgan fingerprint density at radius 2 is 2.31 bits per heavy atom. The van der Waals surface area contributed by atoms with Crippen molar-refractivity contribution in [3.8, 4) is 5.75 Å². The highest BCUT2D eigenvalue weighted by Crippen LogP contribution is 2.29. The van der Waals surface area contributed by atoms with Crippen molar-refractivity contribution < 1.29 is 4.74 Å². The molecule has 3 heteroatoms. The van der Waals surface area contributed by atoms with Gasteiger partial charge < -0.3 is 15.8 Å². The van der Waals surface area contributed by atoms with Crippen molar-refractivity contribution >= 4 is 11.4 Å². The van der Waals surface area contributed by atoms with E-state index in [1.165, 1.54) is 0 Å². The minimum Gasteiger partial charge on any atom is -0.491 e. The number of rotatable bonds is 6. The largest absolute Gasteiger partial charge is 0.491 e. The van der Waals surface area contributed by atoms with Gasteiger partial charge in [-0.15, -0.1) is 6.58 Å². The van der Waals surface area contributed by atoms with Crippen molar-refractivity contribution in [3.63, 3.8) is 0 Å². The van der Waals surface area contributed by atoms with Crippen LogP contribution in [0.2, 0.25) is 0 Å². The predicted octanol–water partition coefficient (Wildman–Crippen LogP) is 3.04. The fraction of sp³-hybridized carbons (Fsp3) is 0.385. The summed E-state index contributed by atoms with van der Waals surface area (Å²) in [6.45, 7) is 8.50. The van der Waals surface area contributed by atoms with E-state index in [1.54, 1.807) is 0 Å². The number of nitrogens with one attached hydrogen (secondary N) is 1. The first-order valence-corrected chi connectivity index (χ1v) is 5.59. The van der Waals surface area contributed by atoms with Crippen LogP contribution < -0.4 is 15.8 Å². The van der Waals surface area contributed by atoms with E-state index in [0.717, 1.165) is 17.9 Å². The molecule has 3 nitrogen and oxygen atoms in total. The number of hydrogen-bond acceptors (Lipinski definition) is 3. The summed E-state index contributed by atoms with van der Waals surface area (Å²) in [6, 6.07) is 5.94. The van der Waals surface area contributed by atoms with Gasteiger partial charge in [0.25, 0.3) is 0 Å². The molecule has 0 fully saturated rings. The van der Waals surface area contributed by atoms with Gasteiger partial charge in [-0.2, -0.15) is 0 Å². The quantitative estimate of drug-likeness (QED) is 0.572. The number of hydrogen-bond donors (Lipinski definition) is 2. The summed E-state index contributed by atoms with van der Waals surface area (Å²) in [5.41, 5.74) is 7.55. The molecule has 0 aliphatic heterocycles. The third kappa shape index (κ3) is 3.19. The number of para-hydroxylation sites is 1. The maximum absolute atomic E-state index is 6.01. The molecule has 0 aliphatic carbocycles. The Hall–Kier alpha value is -1.64. The second-order valence-corrected chi connectivity index (χ2v) is 3.73. The van der Waals surface area contributed by atoms with E-state index in [-0.39, 0.29) is 6.04 Å². The standard InChI is InChI=1S/C13H20N2O/c1-4-9-16-12-8-6-7-11(13(12)14)15-10(3)5-2/h5-8,10,15H,2,4,9,14H2,1,3H3. The number of benzene rings is 1. The summed E-state index contributed by atoms with van der Waals surface area (Å²) in [5.74, 6) is 0.739. The van der Waals surface area contributed by atoms with E-state index < -0.39 is 0 Å². The van der Waals surface area contributed by atoms with Crippen LogP contribution in [0, 0.1) is 0 Å². The average molecular weight is 220 g/mol. The number of ether oxygens (including phenoxy) is 1. The van der Waals surface area contributed by atoms with Crippen molar-refractivity contribution in [2.24, 2.45) is 0 Å². The van der Waals surface area contributed by atoms with Crippen LogP contribution >= 0.6 is 0 Å². The fourth-order valence-electron chi connectivity index (χ4n) is 1.31. The lowest BCUT2D eigenvalue weighted by Crippen LogP contribution is -2.13. The molecule has 1 atom stereocenters. The molecule has 0 heterocycles. The molecule has 0 bridgehead atoms. The zero-order valence-corrected chi connectivity index (χ0v) is 9.99. The SMILES string of the molecule is C=CC(C)Nc1cccc(OCCC)c1N. The Kier molecular flexibility index (Phi) is 4.70. The van der Waals surface area contributed by atoms with Crippen molar-refractivity contribution in [3.05, 3.63) is 30.9 Å². The summed E-state index contributed by atoms with van der Waals surface area (Å²) in [7, 11) is 0. The van der Waals surface area contributed by atoms with Gasteiger partial charge in [0.1, 0.15) is 5.75 Å². The Balaban J connectivity index is 2.81. The molecule has 0 aromatic heterocycles. The number of nitrogens with two attached hydrogens (primary N) is 1. The van der Waals surface area contributed by atoms with Crippen LogP contribution in [-0.4, -0.2) is 12.6 Å². The monoisotopic (exact) mass is 220 g/mol. The molecule has 0 spiro atoms. The zero-order chi connectivity index (χ0) is 12.0. The van der Waals surface area contributed by atoms with E-state index in [4.69, 9.17) is 10.5 Å². The third-order valence-corrected chi connectivity index (χ3v) is 2.26. The van der Waals surface area contributed by atoms with Crippen LogP contribution in [0.1, 0.15) is 20.3 Å². The molecule has 1 rings (SSSR count). The summed E-state index contributed by atoms with van der Waals surface area (Å²) < 4.78 is 5.55. The Labute approximate surface area is 97.3 Å². The zero-order valence-electron chi connectivity index (χ0n) is 9.99. The maximum atomic E-state index is 6.01. The lowest BCUT2D eigenvalue weighted by Gasteiger charge is -2.15. The molecule has 1 unspecified atom stereocenters. The first kappa shape index (κ1) is 12.4. The van der Waals surface area contributed by atoms with Crippen molar-refractivity contribution in [2.75, 3.05) is 17.7 Å². The van der Waals surface area contributed by atoms with Gasteiger partial charge in [0.2, 0.25) is 0 Å². The van der Waals surface area contributed by atoms with Gasteiger partial charge in [0.15, 0.2) is 0 Å². The fourth-order valence-corrected chi connectivity index (χ4v) is 1.31. The highest BCUT2D eigenvalue weighted by molar-refractivity contribution is 5.73. The molecule has 0 saturated carbocycles. The summed E-state index contributed by atoms with van der Waals surface area (Å²) in [6.07, 6.45) is 2.80. The lowest BCUT2D eigenvalue weighted by atomic mass is 10.2. The molecule has 1 aromatic rings. The summed E-state index contributed by atoms with van der Waals surface area (Å²) in [5, 5.41) is 3.25. The summed E-state index contributed by atoms with van der Waals surface area (Å²) >= 11 is 0. The van der Waals surface area contributed by atoms with Gasteiger partial charge in [-0.1, -0.05) is 19.1 Å². The molecule has 0 radical (unpaired) electrons. The number of anilines is 2. The van der Waals surface area contributed by atoms with Crippen LogP contribution in [0.4, 0.5) is 11.4 Å². The molecule has 16 heavy (non-hydrogen) atoms. The Morgan fingerprint density at radius 1 is 1.56 bits per heavy atom. The normalized spacial score (nSPS) is 11.9. The van der Waals surface area contributed by atoms with Crippen LogP contribution in [0.25, 0.3) is 0 Å². The van der Waals surface area contributed by atoms with Crippen molar-refractivity contribution in [2.45, 2.75) is 26.3 Å². The molecule has 88 valence electrons. The second-order valence-electron chi connectivity index (χ2n) is 3.73.